The minimum Gasteiger partial charge on any atom is -0.497 e. The zero-order chi connectivity index (χ0) is 24.4. The van der Waals surface area contributed by atoms with E-state index in [4.69, 9.17) is 21.4 Å². The smallest absolute Gasteiger partial charge is 0.223 e. The topological polar surface area (TPSA) is 84.7 Å². The van der Waals surface area contributed by atoms with E-state index in [-0.39, 0.29) is 18.4 Å². The summed E-state index contributed by atoms with van der Waals surface area (Å²) in [5.74, 6) is 1.71. The molecule has 1 aliphatic heterocycles. The summed E-state index contributed by atoms with van der Waals surface area (Å²) in [5.41, 5.74) is 2.24. The molecule has 0 unspecified atom stereocenters. The van der Waals surface area contributed by atoms with E-state index in [0.29, 0.717) is 48.0 Å². The maximum Gasteiger partial charge on any atom is 0.223 e. The summed E-state index contributed by atoms with van der Waals surface area (Å²) in [5, 5.41) is 16.6. The molecule has 0 spiro atoms. The average molecular weight is 495 g/mol. The number of carbonyl (C=O) groups is 1. The van der Waals surface area contributed by atoms with Gasteiger partial charge in [-0.15, -0.1) is 15.3 Å². The van der Waals surface area contributed by atoms with Crippen LogP contribution in [0.5, 0.6) is 5.75 Å². The molecule has 5 rings (SSSR count). The fourth-order valence-corrected chi connectivity index (χ4v) is 4.46. The second-order valence-electron chi connectivity index (χ2n) is 8.43. The molecule has 0 atom stereocenters. The van der Waals surface area contributed by atoms with Gasteiger partial charge in [-0.1, -0.05) is 17.7 Å². The third-order valence-electron chi connectivity index (χ3n) is 6.25. The Kier molecular flexibility index (Phi) is 6.50. The van der Waals surface area contributed by atoms with Crippen molar-refractivity contribution in [3.05, 3.63) is 71.0 Å². The summed E-state index contributed by atoms with van der Waals surface area (Å²) < 4.78 is 20.2. The van der Waals surface area contributed by atoms with E-state index in [1.807, 2.05) is 36.4 Å². The van der Waals surface area contributed by atoms with Gasteiger partial charge in [-0.05, 0) is 66.9 Å². The molecule has 1 N–H and O–H groups in total. The number of hydrogen-bond acceptors (Lipinski definition) is 6. The van der Waals surface area contributed by atoms with Crippen molar-refractivity contribution in [3.63, 3.8) is 0 Å². The first kappa shape index (κ1) is 23.0. The quantitative estimate of drug-likeness (QED) is 0.434. The van der Waals surface area contributed by atoms with Crippen LogP contribution >= 0.6 is 11.6 Å². The number of halogens is 2. The number of piperidine rings is 1. The molecule has 8 nitrogen and oxygen atoms in total. The molecule has 1 amide bonds. The standard InChI is InChI=1S/C25H24ClFN6O2/c1-35-20-6-3-16(4-7-20)24-30-29-22-8-9-23(31-33(22)24)32-12-10-17(11-13-32)25(34)28-15-18-2-5-19(27)14-21(18)26/h2-9,14,17H,10-13,15H2,1H3,(H,28,34). The van der Waals surface area contributed by atoms with E-state index in [0.717, 1.165) is 17.1 Å². The second-order valence-corrected chi connectivity index (χ2v) is 8.84. The number of nitrogens with zero attached hydrogens (tertiary/aromatic N) is 5. The maximum atomic E-state index is 13.2. The lowest BCUT2D eigenvalue weighted by Gasteiger charge is -2.32. The van der Waals surface area contributed by atoms with E-state index < -0.39 is 5.82 Å². The van der Waals surface area contributed by atoms with Crippen molar-refractivity contribution in [2.24, 2.45) is 5.92 Å². The first-order valence-electron chi connectivity index (χ1n) is 11.4. The number of ether oxygens (including phenoxy) is 1. The number of amides is 1. The molecule has 2 aromatic heterocycles. The van der Waals surface area contributed by atoms with Crippen molar-refractivity contribution in [3.8, 4) is 17.1 Å². The van der Waals surface area contributed by atoms with E-state index in [2.05, 4.69) is 20.4 Å². The molecule has 35 heavy (non-hydrogen) atoms. The molecule has 1 aliphatic rings. The number of nitrogens with one attached hydrogen (secondary N) is 1. The monoisotopic (exact) mass is 494 g/mol. The van der Waals surface area contributed by atoms with Gasteiger partial charge in [-0.2, -0.15) is 4.52 Å². The summed E-state index contributed by atoms with van der Waals surface area (Å²) in [4.78, 5) is 14.9. The third kappa shape index (κ3) is 4.90. The van der Waals surface area contributed by atoms with Crippen LogP contribution in [0.2, 0.25) is 5.02 Å². The largest absolute Gasteiger partial charge is 0.497 e. The Morgan fingerprint density at radius 2 is 1.89 bits per heavy atom. The van der Waals surface area contributed by atoms with Crippen LogP contribution in [0.4, 0.5) is 10.2 Å². The molecule has 180 valence electrons. The van der Waals surface area contributed by atoms with Gasteiger partial charge in [0.1, 0.15) is 17.4 Å². The van der Waals surface area contributed by atoms with Gasteiger partial charge in [-0.3, -0.25) is 4.79 Å². The van der Waals surface area contributed by atoms with Crippen LogP contribution in [-0.2, 0) is 11.3 Å². The zero-order valence-corrected chi connectivity index (χ0v) is 19.9. The highest BCUT2D eigenvalue weighted by molar-refractivity contribution is 6.31. The first-order valence-corrected chi connectivity index (χ1v) is 11.7. The third-order valence-corrected chi connectivity index (χ3v) is 6.61. The average Bonchev–Trinajstić information content (AvgIpc) is 3.31. The Hall–Kier alpha value is -3.72. The van der Waals surface area contributed by atoms with Gasteiger partial charge in [0.05, 0.1) is 7.11 Å². The van der Waals surface area contributed by atoms with Crippen LogP contribution in [0, 0.1) is 11.7 Å². The van der Waals surface area contributed by atoms with Crippen LogP contribution in [0.25, 0.3) is 17.0 Å². The summed E-state index contributed by atoms with van der Waals surface area (Å²) in [6.07, 6.45) is 1.41. The van der Waals surface area contributed by atoms with Crippen LogP contribution in [0.3, 0.4) is 0 Å². The molecule has 0 radical (unpaired) electrons. The second kappa shape index (κ2) is 9.87. The van der Waals surface area contributed by atoms with Gasteiger partial charge in [0, 0.05) is 36.1 Å². The van der Waals surface area contributed by atoms with Gasteiger partial charge in [0.2, 0.25) is 5.91 Å². The summed E-state index contributed by atoms with van der Waals surface area (Å²) in [7, 11) is 1.63. The van der Waals surface area contributed by atoms with Crippen molar-refractivity contribution in [1.82, 2.24) is 25.1 Å². The lowest BCUT2D eigenvalue weighted by atomic mass is 9.96. The zero-order valence-electron chi connectivity index (χ0n) is 19.1. The molecular formula is C25H24ClFN6O2. The van der Waals surface area contributed by atoms with Crippen molar-refractivity contribution in [2.45, 2.75) is 19.4 Å². The molecule has 2 aromatic carbocycles. The highest BCUT2D eigenvalue weighted by Gasteiger charge is 2.26. The van der Waals surface area contributed by atoms with Gasteiger partial charge in [-0.25, -0.2) is 4.39 Å². The lowest BCUT2D eigenvalue weighted by molar-refractivity contribution is -0.125. The Morgan fingerprint density at radius 1 is 1.11 bits per heavy atom. The van der Waals surface area contributed by atoms with E-state index in [1.165, 1.54) is 12.1 Å². The number of hydrogen-bond donors (Lipinski definition) is 1. The number of anilines is 1. The molecule has 4 aromatic rings. The SMILES string of the molecule is COc1ccc(-c2nnc3ccc(N4CCC(C(=O)NCc5ccc(F)cc5Cl)CC4)nn23)cc1. The van der Waals surface area contributed by atoms with Gasteiger partial charge >= 0.3 is 0 Å². The normalized spacial score (nSPS) is 14.3. The molecule has 0 saturated carbocycles. The molecular weight excluding hydrogens is 471 g/mol. The highest BCUT2D eigenvalue weighted by Crippen LogP contribution is 2.25. The number of rotatable bonds is 6. The van der Waals surface area contributed by atoms with Gasteiger partial charge in [0.25, 0.3) is 0 Å². The van der Waals surface area contributed by atoms with E-state index in [1.54, 1.807) is 17.7 Å². The summed E-state index contributed by atoms with van der Waals surface area (Å²) in [6, 6.07) is 15.6. The Bertz CT molecular complexity index is 1350. The molecule has 0 aliphatic carbocycles. The molecule has 3 heterocycles. The highest BCUT2D eigenvalue weighted by atomic mass is 35.5. The van der Waals surface area contributed by atoms with Crippen molar-refractivity contribution in [1.29, 1.82) is 0 Å². The molecule has 1 saturated heterocycles. The van der Waals surface area contributed by atoms with Crippen molar-refractivity contribution in [2.75, 3.05) is 25.1 Å². The van der Waals surface area contributed by atoms with E-state index in [9.17, 15) is 9.18 Å². The van der Waals surface area contributed by atoms with E-state index >= 15 is 0 Å². The molecule has 1 fully saturated rings. The number of fused-ring (bicyclic) bond motifs is 1. The predicted molar refractivity (Wildman–Crippen MR) is 131 cm³/mol. The summed E-state index contributed by atoms with van der Waals surface area (Å²) in [6.45, 7) is 1.68. The maximum absolute atomic E-state index is 13.2. The number of benzene rings is 2. The number of methoxy groups -OCH3 is 1. The van der Waals surface area contributed by atoms with Crippen LogP contribution in [0.1, 0.15) is 18.4 Å². The number of aromatic nitrogens is 4. The fourth-order valence-electron chi connectivity index (χ4n) is 4.23. The van der Waals surface area contributed by atoms with Crippen LogP contribution in [-0.4, -0.2) is 45.9 Å². The Morgan fingerprint density at radius 3 is 2.60 bits per heavy atom. The fraction of sp³-hybridized carbons (Fsp3) is 0.280. The molecule has 10 heteroatoms. The lowest BCUT2D eigenvalue weighted by Crippen LogP contribution is -2.40. The Balaban J connectivity index is 1.23. The van der Waals surface area contributed by atoms with Crippen LogP contribution < -0.4 is 15.0 Å². The van der Waals surface area contributed by atoms with Crippen molar-refractivity contribution < 1.29 is 13.9 Å². The Labute approximate surface area is 206 Å². The predicted octanol–water partition coefficient (Wildman–Crippen LogP) is 4.13. The van der Waals surface area contributed by atoms with Gasteiger partial charge in [0.15, 0.2) is 11.5 Å². The number of carbonyl (C=O) groups excluding carboxylic acids is 1. The first-order chi connectivity index (χ1) is 17.0. The minimum absolute atomic E-state index is 0.0194. The van der Waals surface area contributed by atoms with Gasteiger partial charge < -0.3 is 15.0 Å². The minimum atomic E-state index is -0.396. The van der Waals surface area contributed by atoms with Crippen molar-refractivity contribution >= 4 is 29.0 Å². The summed E-state index contributed by atoms with van der Waals surface area (Å²) >= 11 is 6.06. The molecule has 0 bridgehead atoms. The van der Waals surface area contributed by atoms with Crippen LogP contribution in [0.15, 0.2) is 54.6 Å².